The summed E-state index contributed by atoms with van der Waals surface area (Å²) in [6, 6.07) is 15.8. The minimum absolute atomic E-state index is 0.744. The molecular formula is C17H15N5S. The molecule has 0 fully saturated rings. The Labute approximate surface area is 137 Å². The molecule has 0 saturated heterocycles. The summed E-state index contributed by atoms with van der Waals surface area (Å²) in [5.74, 6) is 0.820. The summed E-state index contributed by atoms with van der Waals surface area (Å²) in [4.78, 5) is 5.69. The Kier molecular flexibility index (Phi) is 3.44. The predicted octanol–water partition coefficient (Wildman–Crippen LogP) is 3.65. The van der Waals surface area contributed by atoms with Gasteiger partial charge in [-0.2, -0.15) is 0 Å². The van der Waals surface area contributed by atoms with Gasteiger partial charge in [0.25, 0.3) is 0 Å². The number of rotatable bonds is 4. The van der Waals surface area contributed by atoms with Crippen molar-refractivity contribution in [3.8, 4) is 11.3 Å². The number of nitrogens with one attached hydrogen (secondary N) is 1. The average Bonchev–Trinajstić information content (AvgIpc) is 3.23. The van der Waals surface area contributed by atoms with Crippen molar-refractivity contribution in [3.05, 3.63) is 65.0 Å². The highest BCUT2D eigenvalue weighted by Gasteiger charge is 2.08. The number of nitrogens with zero attached hydrogens (tertiary/aromatic N) is 3. The lowest BCUT2D eigenvalue weighted by Gasteiger charge is -2.06. The number of thiophene rings is 1. The van der Waals surface area contributed by atoms with E-state index in [1.165, 1.54) is 4.88 Å². The third kappa shape index (κ3) is 2.76. The molecular weight excluding hydrogens is 306 g/mol. The summed E-state index contributed by atoms with van der Waals surface area (Å²) >= 11 is 1.73. The second-order valence-corrected chi connectivity index (χ2v) is 6.22. The zero-order valence-electron chi connectivity index (χ0n) is 12.3. The highest BCUT2D eigenvalue weighted by atomic mass is 32.1. The Bertz CT molecular complexity index is 925. The molecule has 0 aliphatic rings. The van der Waals surface area contributed by atoms with Crippen LogP contribution >= 0.6 is 11.3 Å². The van der Waals surface area contributed by atoms with Crippen LogP contribution in [0.1, 0.15) is 4.88 Å². The minimum atomic E-state index is 0.744. The summed E-state index contributed by atoms with van der Waals surface area (Å²) in [5, 5.41) is 10.1. The van der Waals surface area contributed by atoms with E-state index in [0.29, 0.717) is 0 Å². The Hall–Kier alpha value is -2.86. The van der Waals surface area contributed by atoms with Crippen LogP contribution in [0.3, 0.4) is 0 Å². The number of hydrogen-bond acceptors (Lipinski definition) is 5. The van der Waals surface area contributed by atoms with Gasteiger partial charge in [-0.3, -0.25) is 0 Å². The zero-order valence-corrected chi connectivity index (χ0v) is 13.1. The van der Waals surface area contributed by atoms with E-state index in [9.17, 15) is 0 Å². The molecule has 0 spiro atoms. The van der Waals surface area contributed by atoms with Gasteiger partial charge in [-0.1, -0.05) is 18.2 Å². The van der Waals surface area contributed by atoms with Gasteiger partial charge in [0.05, 0.1) is 18.4 Å². The molecule has 0 amide bonds. The molecule has 0 unspecified atom stereocenters. The molecule has 1 aromatic carbocycles. The first-order chi connectivity index (χ1) is 11.3. The quantitative estimate of drug-likeness (QED) is 0.563. The molecule has 0 saturated carbocycles. The van der Waals surface area contributed by atoms with Crippen LogP contribution in [-0.2, 0) is 6.54 Å². The first-order valence-corrected chi connectivity index (χ1v) is 8.14. The Morgan fingerprint density at radius 2 is 1.96 bits per heavy atom. The highest BCUT2D eigenvalue weighted by molar-refractivity contribution is 7.09. The maximum atomic E-state index is 5.76. The molecule has 0 bridgehead atoms. The lowest BCUT2D eigenvalue weighted by molar-refractivity contribution is 0.933. The number of nitrogens with two attached hydrogens (primary N) is 1. The van der Waals surface area contributed by atoms with Crippen molar-refractivity contribution in [2.24, 2.45) is 0 Å². The topological polar surface area (TPSA) is 68.2 Å². The molecule has 0 atom stereocenters. The van der Waals surface area contributed by atoms with Gasteiger partial charge < -0.3 is 11.1 Å². The first kappa shape index (κ1) is 13.8. The molecule has 0 aliphatic heterocycles. The molecule has 23 heavy (non-hydrogen) atoms. The van der Waals surface area contributed by atoms with E-state index in [2.05, 4.69) is 26.8 Å². The SMILES string of the molecule is Nc1ccc(-c2cnc3ccc(NCc4cccs4)nn23)cc1. The van der Waals surface area contributed by atoms with Gasteiger partial charge in [-0.15, -0.1) is 16.4 Å². The maximum absolute atomic E-state index is 5.76. The van der Waals surface area contributed by atoms with Crippen molar-refractivity contribution in [2.75, 3.05) is 11.1 Å². The summed E-state index contributed by atoms with van der Waals surface area (Å²) in [7, 11) is 0. The van der Waals surface area contributed by atoms with Crippen molar-refractivity contribution in [1.82, 2.24) is 14.6 Å². The maximum Gasteiger partial charge on any atom is 0.154 e. The standard InChI is InChI=1S/C17H15N5S/c18-13-5-3-12(4-6-13)15-11-20-17-8-7-16(21-22(15)17)19-10-14-2-1-9-23-14/h1-9,11H,10,18H2,(H,19,21). The third-order valence-electron chi connectivity index (χ3n) is 3.59. The van der Waals surface area contributed by atoms with Crippen LogP contribution < -0.4 is 11.1 Å². The number of imidazole rings is 1. The van der Waals surface area contributed by atoms with Gasteiger partial charge in [-0.05, 0) is 35.7 Å². The van der Waals surface area contributed by atoms with Crippen molar-refractivity contribution < 1.29 is 0 Å². The number of nitrogen functional groups attached to an aromatic ring is 1. The fourth-order valence-electron chi connectivity index (χ4n) is 2.41. The third-order valence-corrected chi connectivity index (χ3v) is 4.47. The van der Waals surface area contributed by atoms with Crippen LogP contribution in [0.5, 0.6) is 0 Å². The fourth-order valence-corrected chi connectivity index (χ4v) is 3.05. The summed E-state index contributed by atoms with van der Waals surface area (Å²) in [6.07, 6.45) is 1.83. The van der Waals surface area contributed by atoms with Gasteiger partial charge in [-0.25, -0.2) is 9.50 Å². The van der Waals surface area contributed by atoms with Gasteiger partial charge in [0.2, 0.25) is 0 Å². The van der Waals surface area contributed by atoms with E-state index in [4.69, 9.17) is 5.73 Å². The summed E-state index contributed by atoms with van der Waals surface area (Å²) < 4.78 is 1.85. The van der Waals surface area contributed by atoms with Gasteiger partial charge >= 0.3 is 0 Å². The number of anilines is 2. The van der Waals surface area contributed by atoms with Crippen LogP contribution in [-0.4, -0.2) is 14.6 Å². The lowest BCUT2D eigenvalue weighted by Crippen LogP contribution is -2.03. The molecule has 6 heteroatoms. The monoisotopic (exact) mass is 321 g/mol. The lowest BCUT2D eigenvalue weighted by atomic mass is 10.1. The number of hydrogen-bond donors (Lipinski definition) is 2. The summed E-state index contributed by atoms with van der Waals surface area (Å²) in [5.41, 5.74) is 9.30. The number of aromatic nitrogens is 3. The van der Waals surface area contributed by atoms with E-state index in [1.54, 1.807) is 11.3 Å². The number of fused-ring (bicyclic) bond motifs is 1. The zero-order chi connectivity index (χ0) is 15.6. The second-order valence-electron chi connectivity index (χ2n) is 5.19. The first-order valence-electron chi connectivity index (χ1n) is 7.26. The number of benzene rings is 1. The molecule has 4 rings (SSSR count). The smallest absolute Gasteiger partial charge is 0.154 e. The normalized spacial score (nSPS) is 11.0. The van der Waals surface area contributed by atoms with Crippen LogP contribution in [0.25, 0.3) is 16.9 Å². The molecule has 4 aromatic rings. The molecule has 5 nitrogen and oxygen atoms in total. The van der Waals surface area contributed by atoms with Crippen molar-refractivity contribution in [3.63, 3.8) is 0 Å². The van der Waals surface area contributed by atoms with Gasteiger partial charge in [0.1, 0.15) is 5.82 Å². The predicted molar refractivity (Wildman–Crippen MR) is 94.5 cm³/mol. The van der Waals surface area contributed by atoms with Crippen molar-refractivity contribution >= 4 is 28.5 Å². The van der Waals surface area contributed by atoms with Crippen LogP contribution in [0.15, 0.2) is 60.1 Å². The van der Waals surface area contributed by atoms with Gasteiger partial charge in [0.15, 0.2) is 5.65 Å². The molecule has 3 aromatic heterocycles. The minimum Gasteiger partial charge on any atom is -0.399 e. The summed E-state index contributed by atoms with van der Waals surface area (Å²) in [6.45, 7) is 0.766. The highest BCUT2D eigenvalue weighted by Crippen LogP contribution is 2.22. The molecule has 3 N–H and O–H groups in total. The van der Waals surface area contributed by atoms with E-state index in [-0.39, 0.29) is 0 Å². The molecule has 114 valence electrons. The van der Waals surface area contributed by atoms with E-state index in [1.807, 2.05) is 53.2 Å². The van der Waals surface area contributed by atoms with E-state index < -0.39 is 0 Å². The average molecular weight is 321 g/mol. The fraction of sp³-hybridized carbons (Fsp3) is 0.0588. The molecule has 0 aliphatic carbocycles. The Morgan fingerprint density at radius 1 is 1.09 bits per heavy atom. The van der Waals surface area contributed by atoms with Crippen molar-refractivity contribution in [1.29, 1.82) is 0 Å². The van der Waals surface area contributed by atoms with E-state index in [0.717, 1.165) is 35.0 Å². The molecule has 0 radical (unpaired) electrons. The Morgan fingerprint density at radius 3 is 2.74 bits per heavy atom. The second kappa shape index (κ2) is 5.73. The van der Waals surface area contributed by atoms with Crippen molar-refractivity contribution in [2.45, 2.75) is 6.54 Å². The van der Waals surface area contributed by atoms with Gasteiger partial charge in [0, 0.05) is 16.1 Å². The largest absolute Gasteiger partial charge is 0.399 e. The van der Waals surface area contributed by atoms with Crippen LogP contribution in [0, 0.1) is 0 Å². The molecule has 3 heterocycles. The van der Waals surface area contributed by atoms with E-state index >= 15 is 0 Å². The Balaban J connectivity index is 1.67. The van der Waals surface area contributed by atoms with Crippen LogP contribution in [0.4, 0.5) is 11.5 Å². The van der Waals surface area contributed by atoms with Crippen LogP contribution in [0.2, 0.25) is 0 Å².